The van der Waals surface area contributed by atoms with Crippen molar-refractivity contribution in [2.24, 2.45) is 0 Å². The second-order valence-corrected chi connectivity index (χ2v) is 6.02. The summed E-state index contributed by atoms with van der Waals surface area (Å²) >= 11 is 0. The molecule has 0 atom stereocenters. The fourth-order valence-electron chi connectivity index (χ4n) is 3.22. The van der Waals surface area contributed by atoms with Gasteiger partial charge in [0.15, 0.2) is 5.82 Å². The van der Waals surface area contributed by atoms with Crippen LogP contribution >= 0.6 is 0 Å². The van der Waals surface area contributed by atoms with Gasteiger partial charge in [-0.05, 0) is 11.6 Å². The van der Waals surface area contributed by atoms with Crippen molar-refractivity contribution >= 4 is 27.8 Å². The zero-order valence-electron chi connectivity index (χ0n) is 13.8. The van der Waals surface area contributed by atoms with Gasteiger partial charge in [0.1, 0.15) is 11.3 Å². The van der Waals surface area contributed by atoms with E-state index in [2.05, 4.69) is 33.7 Å². The molecule has 0 saturated heterocycles. The van der Waals surface area contributed by atoms with Crippen molar-refractivity contribution in [3.63, 3.8) is 0 Å². The minimum absolute atomic E-state index is 0.461. The Labute approximate surface area is 146 Å². The van der Waals surface area contributed by atoms with Crippen LogP contribution in [0.2, 0.25) is 0 Å². The molecular weight excluding hydrogens is 308 g/mol. The van der Waals surface area contributed by atoms with Crippen LogP contribution in [-0.2, 0) is 13.0 Å². The Kier molecular flexibility index (Phi) is 3.83. The molecule has 0 amide bonds. The van der Waals surface area contributed by atoms with Crippen molar-refractivity contribution in [3.05, 3.63) is 66.0 Å². The van der Waals surface area contributed by atoms with E-state index in [9.17, 15) is 0 Å². The van der Waals surface area contributed by atoms with Gasteiger partial charge in [0.05, 0.1) is 11.0 Å². The number of terminal acetylenes is 1. The number of aryl methyl sites for hydroxylation is 1. The van der Waals surface area contributed by atoms with Crippen LogP contribution < -0.4 is 5.73 Å². The third kappa shape index (κ3) is 2.70. The lowest BCUT2D eigenvalue weighted by atomic mass is 10.1. The maximum Gasteiger partial charge on any atom is 0.152 e. The smallest absolute Gasteiger partial charge is 0.152 e. The fraction of sp³-hybridized carbons (Fsp3) is 0.143. The largest absolute Gasteiger partial charge is 0.382 e. The highest BCUT2D eigenvalue weighted by Crippen LogP contribution is 2.29. The van der Waals surface area contributed by atoms with E-state index in [4.69, 9.17) is 17.1 Å². The molecule has 0 radical (unpaired) electrons. The molecule has 0 fully saturated rings. The highest BCUT2D eigenvalue weighted by atomic mass is 15.1. The van der Waals surface area contributed by atoms with Gasteiger partial charge in [0.2, 0.25) is 0 Å². The Bertz CT molecular complexity index is 1090. The summed E-state index contributed by atoms with van der Waals surface area (Å²) in [6.45, 7) is 0.727. The summed E-state index contributed by atoms with van der Waals surface area (Å²) in [5.74, 6) is 4.11. The number of anilines is 1. The van der Waals surface area contributed by atoms with Gasteiger partial charge in [-0.15, -0.1) is 12.3 Å². The second kappa shape index (κ2) is 6.29. The number of aromatic nitrogens is 3. The number of hydrogen-bond donors (Lipinski definition) is 1. The molecule has 4 nitrogen and oxygen atoms in total. The molecule has 2 heterocycles. The number of fused-ring (bicyclic) bond motifs is 3. The molecule has 0 aliphatic carbocycles. The number of pyridine rings is 1. The first-order valence-electron chi connectivity index (χ1n) is 8.28. The lowest BCUT2D eigenvalue weighted by Crippen LogP contribution is -2.05. The highest BCUT2D eigenvalue weighted by Gasteiger charge is 2.17. The first kappa shape index (κ1) is 15.2. The molecule has 0 aliphatic rings. The summed E-state index contributed by atoms with van der Waals surface area (Å²) in [4.78, 5) is 9.28. The third-order valence-electron chi connectivity index (χ3n) is 4.37. The van der Waals surface area contributed by atoms with Crippen molar-refractivity contribution in [2.45, 2.75) is 19.4 Å². The van der Waals surface area contributed by atoms with Crippen LogP contribution in [0.25, 0.3) is 21.9 Å². The van der Waals surface area contributed by atoms with Gasteiger partial charge >= 0.3 is 0 Å². The van der Waals surface area contributed by atoms with E-state index in [0.29, 0.717) is 18.7 Å². The standard InChI is InChI=1S/C21H18N4/c1-2-3-13-18-24-19-20(25(18)14-15-9-5-4-6-10-15)16-11-7-8-12-17(16)23-21(19)22/h1,4-12H,3,13-14H2,(H2,22,23). The average Bonchev–Trinajstić information content (AvgIpc) is 3.00. The summed E-state index contributed by atoms with van der Waals surface area (Å²) in [6.07, 6.45) is 6.83. The van der Waals surface area contributed by atoms with Crippen molar-refractivity contribution in [2.75, 3.05) is 5.73 Å². The second-order valence-electron chi connectivity index (χ2n) is 6.02. The van der Waals surface area contributed by atoms with Gasteiger partial charge in [-0.1, -0.05) is 48.5 Å². The predicted octanol–water partition coefficient (Wildman–Crippen LogP) is 3.78. The quantitative estimate of drug-likeness (QED) is 0.581. The van der Waals surface area contributed by atoms with Crippen LogP contribution in [-0.4, -0.2) is 14.5 Å². The van der Waals surface area contributed by atoms with Crippen LogP contribution in [0.1, 0.15) is 17.8 Å². The first-order valence-corrected chi connectivity index (χ1v) is 8.28. The summed E-state index contributed by atoms with van der Waals surface area (Å²) in [6, 6.07) is 18.4. The third-order valence-corrected chi connectivity index (χ3v) is 4.37. The Morgan fingerprint density at radius 3 is 2.56 bits per heavy atom. The van der Waals surface area contributed by atoms with Crippen LogP contribution in [0, 0.1) is 12.3 Å². The van der Waals surface area contributed by atoms with E-state index in [1.54, 1.807) is 0 Å². The summed E-state index contributed by atoms with van der Waals surface area (Å²) in [5.41, 5.74) is 10.1. The van der Waals surface area contributed by atoms with Gasteiger partial charge in [0.25, 0.3) is 0 Å². The molecule has 122 valence electrons. The summed E-state index contributed by atoms with van der Waals surface area (Å²) in [5, 5.41) is 1.06. The van der Waals surface area contributed by atoms with Crippen molar-refractivity contribution in [3.8, 4) is 12.3 Å². The number of imidazole rings is 1. The lowest BCUT2D eigenvalue weighted by molar-refractivity contribution is 0.741. The number of nitrogen functional groups attached to an aromatic ring is 1. The molecular formula is C21H18N4. The van der Waals surface area contributed by atoms with Gasteiger partial charge in [-0.3, -0.25) is 0 Å². The molecule has 2 aromatic heterocycles. The highest BCUT2D eigenvalue weighted by molar-refractivity contribution is 6.06. The fourth-order valence-corrected chi connectivity index (χ4v) is 3.22. The van der Waals surface area contributed by atoms with E-state index < -0.39 is 0 Å². The minimum Gasteiger partial charge on any atom is -0.382 e. The van der Waals surface area contributed by atoms with E-state index >= 15 is 0 Å². The Morgan fingerprint density at radius 1 is 1.00 bits per heavy atom. The minimum atomic E-state index is 0.461. The maximum atomic E-state index is 6.20. The Morgan fingerprint density at radius 2 is 1.76 bits per heavy atom. The normalized spacial score (nSPS) is 11.0. The number of nitrogens with zero attached hydrogens (tertiary/aromatic N) is 3. The number of para-hydroxylation sites is 1. The van der Waals surface area contributed by atoms with Gasteiger partial charge in [-0.2, -0.15) is 0 Å². The molecule has 4 rings (SSSR count). The number of hydrogen-bond acceptors (Lipinski definition) is 3. The van der Waals surface area contributed by atoms with Crippen molar-refractivity contribution in [1.82, 2.24) is 14.5 Å². The molecule has 2 N–H and O–H groups in total. The molecule has 0 spiro atoms. The topological polar surface area (TPSA) is 56.7 Å². The maximum absolute atomic E-state index is 6.20. The summed E-state index contributed by atoms with van der Waals surface area (Å²) < 4.78 is 2.22. The zero-order valence-corrected chi connectivity index (χ0v) is 13.8. The van der Waals surface area contributed by atoms with Crippen molar-refractivity contribution < 1.29 is 0 Å². The monoisotopic (exact) mass is 326 g/mol. The van der Waals surface area contributed by atoms with Crippen LogP contribution in [0.5, 0.6) is 0 Å². The molecule has 4 heteroatoms. The number of rotatable bonds is 4. The molecule has 0 saturated carbocycles. The van der Waals surface area contributed by atoms with Crippen LogP contribution in [0.15, 0.2) is 54.6 Å². The van der Waals surface area contributed by atoms with Crippen molar-refractivity contribution in [1.29, 1.82) is 0 Å². The summed E-state index contributed by atoms with van der Waals surface area (Å²) in [7, 11) is 0. The van der Waals surface area contributed by atoms with Crippen LogP contribution in [0.4, 0.5) is 5.82 Å². The Hall–Kier alpha value is -3.32. The Balaban J connectivity index is 2.00. The predicted molar refractivity (Wildman–Crippen MR) is 102 cm³/mol. The lowest BCUT2D eigenvalue weighted by Gasteiger charge is -2.10. The van der Waals surface area contributed by atoms with Gasteiger partial charge in [-0.25, -0.2) is 9.97 Å². The van der Waals surface area contributed by atoms with E-state index in [1.807, 2.05) is 36.4 Å². The molecule has 25 heavy (non-hydrogen) atoms. The molecule has 2 aromatic carbocycles. The average molecular weight is 326 g/mol. The number of benzene rings is 2. The molecule has 0 unspecified atom stereocenters. The molecule has 4 aromatic rings. The van der Waals surface area contributed by atoms with Gasteiger partial charge in [0, 0.05) is 24.8 Å². The van der Waals surface area contributed by atoms with E-state index in [1.165, 1.54) is 5.56 Å². The SMILES string of the molecule is C#CCCc1nc2c(N)nc3ccccc3c2n1Cc1ccccc1. The van der Waals surface area contributed by atoms with Crippen LogP contribution in [0.3, 0.4) is 0 Å². The number of nitrogens with two attached hydrogens (primary N) is 1. The zero-order chi connectivity index (χ0) is 17.2. The van der Waals surface area contributed by atoms with Gasteiger partial charge < -0.3 is 10.3 Å². The van der Waals surface area contributed by atoms with E-state index in [-0.39, 0.29) is 0 Å². The van der Waals surface area contributed by atoms with E-state index in [0.717, 1.165) is 34.3 Å². The molecule has 0 bridgehead atoms. The first-order chi connectivity index (χ1) is 12.3. The molecule has 0 aliphatic heterocycles.